The number of fused-ring (bicyclic) bond motifs is 1. The van der Waals surface area contributed by atoms with E-state index in [4.69, 9.17) is 11.6 Å². The Morgan fingerprint density at radius 3 is 2.53 bits per heavy atom. The van der Waals surface area contributed by atoms with Crippen LogP contribution in [0.5, 0.6) is 0 Å². The fourth-order valence-electron chi connectivity index (χ4n) is 3.73. The molecule has 1 N–H and O–H groups in total. The lowest BCUT2D eigenvalue weighted by atomic mass is 10.1. The summed E-state index contributed by atoms with van der Waals surface area (Å²) in [4.78, 5) is 32.9. The number of para-hydroxylation sites is 1. The van der Waals surface area contributed by atoms with Gasteiger partial charge in [0.05, 0.1) is 28.4 Å². The molecule has 2 aliphatic heterocycles. The molecule has 32 heavy (non-hydrogen) atoms. The predicted octanol–water partition coefficient (Wildman–Crippen LogP) is 5.46. The minimum Gasteiger partial charge on any atom is -0.303 e. The molecule has 3 aromatic carbocycles. The molecule has 7 heteroatoms. The first-order chi connectivity index (χ1) is 15.5. The van der Waals surface area contributed by atoms with Gasteiger partial charge in [-0.25, -0.2) is 4.99 Å². The van der Waals surface area contributed by atoms with E-state index in [-0.39, 0.29) is 11.8 Å². The number of carbonyl (C=O) groups excluding carboxylic acids is 2. The number of anilines is 1. The van der Waals surface area contributed by atoms with E-state index in [0.29, 0.717) is 32.9 Å². The van der Waals surface area contributed by atoms with Gasteiger partial charge in [0, 0.05) is 10.6 Å². The monoisotopic (exact) mass is 459 g/mol. The first-order valence-corrected chi connectivity index (χ1v) is 11.2. The van der Waals surface area contributed by atoms with Gasteiger partial charge in [-0.15, -0.1) is 0 Å². The highest BCUT2D eigenvalue weighted by Crippen LogP contribution is 2.43. The van der Waals surface area contributed by atoms with Gasteiger partial charge in [-0.2, -0.15) is 0 Å². The third kappa shape index (κ3) is 3.72. The Morgan fingerprint density at radius 2 is 1.75 bits per heavy atom. The number of nitrogens with zero attached hydrogens (tertiary/aromatic N) is 2. The summed E-state index contributed by atoms with van der Waals surface area (Å²) in [6.07, 6.45) is 0. The van der Waals surface area contributed by atoms with E-state index in [1.165, 1.54) is 11.8 Å². The summed E-state index contributed by atoms with van der Waals surface area (Å²) < 4.78 is 0. The van der Waals surface area contributed by atoms with Crippen LogP contribution in [-0.2, 0) is 16.1 Å². The minimum absolute atomic E-state index is 0.188. The Kier molecular flexibility index (Phi) is 5.33. The molecular formula is C25H18ClN3O2S. The van der Waals surface area contributed by atoms with E-state index in [2.05, 4.69) is 10.3 Å². The number of nitrogens with one attached hydrogen (secondary N) is 1. The number of hydrogen-bond donors (Lipinski definition) is 1. The number of amides is 2. The van der Waals surface area contributed by atoms with Crippen LogP contribution < -0.4 is 10.2 Å². The number of benzene rings is 3. The molecule has 2 aliphatic rings. The maximum absolute atomic E-state index is 13.5. The largest absolute Gasteiger partial charge is 0.303 e. The van der Waals surface area contributed by atoms with Crippen LogP contribution in [-0.4, -0.2) is 17.0 Å². The van der Waals surface area contributed by atoms with Crippen molar-refractivity contribution < 1.29 is 9.59 Å². The summed E-state index contributed by atoms with van der Waals surface area (Å²) in [6, 6.07) is 22.8. The van der Waals surface area contributed by atoms with E-state index in [1.54, 1.807) is 11.0 Å². The Morgan fingerprint density at radius 1 is 1.00 bits per heavy atom. The lowest BCUT2D eigenvalue weighted by Gasteiger charge is -2.17. The summed E-state index contributed by atoms with van der Waals surface area (Å²) in [5.41, 5.74) is 4.57. The van der Waals surface area contributed by atoms with Gasteiger partial charge in [-0.1, -0.05) is 66.2 Å². The quantitative estimate of drug-likeness (QED) is 0.529. The maximum atomic E-state index is 13.5. The summed E-state index contributed by atoms with van der Waals surface area (Å²) >= 11 is 7.37. The lowest BCUT2D eigenvalue weighted by molar-refractivity contribution is -0.116. The molecule has 0 atom stereocenters. The van der Waals surface area contributed by atoms with Crippen molar-refractivity contribution >= 4 is 57.3 Å². The van der Waals surface area contributed by atoms with Crippen molar-refractivity contribution in [1.82, 2.24) is 5.32 Å². The molecule has 1 fully saturated rings. The Bertz CT molecular complexity index is 1320. The summed E-state index contributed by atoms with van der Waals surface area (Å²) in [5.74, 6) is -0.515. The SMILES string of the molecule is Cc1ccc(N=C2NC(=O)C(=C3C(=O)N(Cc4ccccc4)c4ccccc43)S2)cc1Cl. The Labute approximate surface area is 194 Å². The first-order valence-electron chi connectivity index (χ1n) is 10.0. The second-order valence-electron chi connectivity index (χ2n) is 7.50. The van der Waals surface area contributed by atoms with Gasteiger partial charge in [-0.3, -0.25) is 9.59 Å². The summed E-state index contributed by atoms with van der Waals surface area (Å²) in [5, 5.41) is 3.81. The Hall–Kier alpha value is -3.35. The lowest BCUT2D eigenvalue weighted by Crippen LogP contribution is -2.26. The standard InChI is InChI=1S/C25H18ClN3O2S/c1-15-11-12-17(13-19(15)26)27-25-28-23(30)22(32-25)21-18-9-5-6-10-20(18)29(24(21)31)14-16-7-3-2-4-8-16/h2-13H,14H2,1H3,(H,27,28,30). The maximum Gasteiger partial charge on any atom is 0.264 e. The van der Waals surface area contributed by atoms with Crippen molar-refractivity contribution in [2.75, 3.05) is 4.90 Å². The fourth-order valence-corrected chi connectivity index (χ4v) is 4.83. The molecule has 158 valence electrons. The fraction of sp³-hybridized carbons (Fsp3) is 0.0800. The van der Waals surface area contributed by atoms with Gasteiger partial charge in [0.25, 0.3) is 11.8 Å². The van der Waals surface area contributed by atoms with Crippen LogP contribution in [0.25, 0.3) is 5.57 Å². The smallest absolute Gasteiger partial charge is 0.264 e. The molecule has 1 saturated heterocycles. The average molecular weight is 460 g/mol. The van der Waals surface area contributed by atoms with E-state index in [0.717, 1.165) is 22.4 Å². The average Bonchev–Trinajstić information content (AvgIpc) is 3.28. The van der Waals surface area contributed by atoms with Crippen molar-refractivity contribution in [3.05, 3.63) is 99.4 Å². The molecular weight excluding hydrogens is 442 g/mol. The molecule has 2 amide bonds. The number of hydrogen-bond acceptors (Lipinski definition) is 4. The van der Waals surface area contributed by atoms with Gasteiger partial charge in [0.15, 0.2) is 5.17 Å². The molecule has 2 heterocycles. The van der Waals surface area contributed by atoms with E-state index in [9.17, 15) is 9.59 Å². The van der Waals surface area contributed by atoms with Gasteiger partial charge in [-0.05, 0) is 48.0 Å². The number of rotatable bonds is 3. The van der Waals surface area contributed by atoms with Crippen LogP contribution in [0, 0.1) is 6.92 Å². The van der Waals surface area contributed by atoms with Crippen molar-refractivity contribution in [3.63, 3.8) is 0 Å². The number of thioether (sulfide) groups is 1. The topological polar surface area (TPSA) is 61.8 Å². The number of carbonyl (C=O) groups is 2. The molecule has 5 nitrogen and oxygen atoms in total. The molecule has 0 radical (unpaired) electrons. The number of halogens is 1. The normalized spacial score (nSPS) is 18.9. The summed E-state index contributed by atoms with van der Waals surface area (Å²) in [6.45, 7) is 2.35. The van der Waals surface area contributed by atoms with Crippen LogP contribution >= 0.6 is 23.4 Å². The van der Waals surface area contributed by atoms with Crippen molar-refractivity contribution in [2.45, 2.75) is 13.5 Å². The zero-order chi connectivity index (χ0) is 22.2. The highest BCUT2D eigenvalue weighted by atomic mass is 35.5. The van der Waals surface area contributed by atoms with Crippen LogP contribution in [0.4, 0.5) is 11.4 Å². The highest BCUT2D eigenvalue weighted by Gasteiger charge is 2.39. The van der Waals surface area contributed by atoms with Gasteiger partial charge < -0.3 is 10.2 Å². The number of amidine groups is 1. The zero-order valence-corrected chi connectivity index (χ0v) is 18.7. The Balaban J connectivity index is 1.52. The van der Waals surface area contributed by atoms with Gasteiger partial charge >= 0.3 is 0 Å². The van der Waals surface area contributed by atoms with E-state index < -0.39 is 0 Å². The molecule has 0 aliphatic carbocycles. The second-order valence-corrected chi connectivity index (χ2v) is 8.91. The highest BCUT2D eigenvalue weighted by molar-refractivity contribution is 8.18. The molecule has 0 bridgehead atoms. The van der Waals surface area contributed by atoms with Crippen LogP contribution in [0.3, 0.4) is 0 Å². The number of aliphatic imine (C=N–C) groups is 1. The second kappa shape index (κ2) is 8.30. The number of aryl methyl sites for hydroxylation is 1. The van der Waals surface area contributed by atoms with E-state index in [1.807, 2.05) is 73.7 Å². The van der Waals surface area contributed by atoms with Crippen molar-refractivity contribution in [2.24, 2.45) is 4.99 Å². The molecule has 0 aromatic heterocycles. The van der Waals surface area contributed by atoms with Crippen LogP contribution in [0.2, 0.25) is 5.02 Å². The van der Waals surface area contributed by atoms with Crippen molar-refractivity contribution in [3.8, 4) is 0 Å². The molecule has 3 aromatic rings. The third-order valence-electron chi connectivity index (χ3n) is 5.35. The molecule has 0 unspecified atom stereocenters. The van der Waals surface area contributed by atoms with Gasteiger partial charge in [0.1, 0.15) is 0 Å². The molecule has 0 spiro atoms. The minimum atomic E-state index is -0.327. The summed E-state index contributed by atoms with van der Waals surface area (Å²) in [7, 11) is 0. The van der Waals surface area contributed by atoms with E-state index >= 15 is 0 Å². The van der Waals surface area contributed by atoms with Gasteiger partial charge in [0.2, 0.25) is 0 Å². The molecule has 0 saturated carbocycles. The van der Waals surface area contributed by atoms with Crippen LogP contribution in [0.1, 0.15) is 16.7 Å². The zero-order valence-electron chi connectivity index (χ0n) is 17.1. The van der Waals surface area contributed by atoms with Crippen molar-refractivity contribution in [1.29, 1.82) is 0 Å². The predicted molar refractivity (Wildman–Crippen MR) is 130 cm³/mol. The molecule has 5 rings (SSSR count). The van der Waals surface area contributed by atoms with Crippen LogP contribution in [0.15, 0.2) is 82.7 Å². The third-order valence-corrected chi connectivity index (χ3v) is 6.73. The first kappa shape index (κ1) is 20.5.